The Labute approximate surface area is 179 Å². The summed E-state index contributed by atoms with van der Waals surface area (Å²) in [4.78, 5) is 12.8. The third kappa shape index (κ3) is 4.62. The molecule has 3 rings (SSSR count). The molecule has 1 N–H and O–H groups in total. The fourth-order valence-corrected chi connectivity index (χ4v) is 3.22. The van der Waals surface area contributed by atoms with Gasteiger partial charge in [0.1, 0.15) is 11.5 Å². The van der Waals surface area contributed by atoms with Gasteiger partial charge in [-0.3, -0.25) is 4.79 Å². The number of aromatic nitrogens is 2. The molecule has 0 radical (unpaired) electrons. The van der Waals surface area contributed by atoms with Gasteiger partial charge in [0.25, 0.3) is 5.91 Å². The Balaban J connectivity index is 1.82. The molecule has 29 heavy (non-hydrogen) atoms. The largest absolute Gasteiger partial charge is 0.494 e. The summed E-state index contributed by atoms with van der Waals surface area (Å²) in [6.07, 6.45) is 0. The molecule has 1 aromatic heterocycles. The molecule has 0 saturated carbocycles. The number of rotatable bonds is 7. The Morgan fingerprint density at radius 2 is 1.76 bits per heavy atom. The molecule has 0 unspecified atom stereocenters. The fraction of sp³-hybridized carbons (Fsp3) is 0.273. The van der Waals surface area contributed by atoms with Gasteiger partial charge in [0, 0.05) is 11.6 Å². The smallest absolute Gasteiger partial charge is 0.255 e. The number of carbonyl (C=O) groups is 1. The number of benzene rings is 2. The number of aryl methyl sites for hydroxylation is 1. The molecule has 0 atom stereocenters. The van der Waals surface area contributed by atoms with Gasteiger partial charge < -0.3 is 14.8 Å². The van der Waals surface area contributed by atoms with Crippen molar-refractivity contribution in [3.63, 3.8) is 0 Å². The van der Waals surface area contributed by atoms with E-state index in [0.717, 1.165) is 21.5 Å². The van der Waals surface area contributed by atoms with E-state index in [4.69, 9.17) is 9.47 Å². The average Bonchev–Trinajstić information content (AvgIpc) is 2.97. The molecule has 1 heterocycles. The molecule has 0 saturated heterocycles. The van der Waals surface area contributed by atoms with Gasteiger partial charge >= 0.3 is 0 Å². The van der Waals surface area contributed by atoms with Crippen molar-refractivity contribution in [2.75, 3.05) is 18.5 Å². The zero-order chi connectivity index (χ0) is 21.0. The molecule has 7 heteroatoms. The first kappa shape index (κ1) is 20.9. The van der Waals surface area contributed by atoms with Crippen molar-refractivity contribution in [1.82, 2.24) is 9.78 Å². The highest BCUT2D eigenvalue weighted by atomic mass is 79.9. The summed E-state index contributed by atoms with van der Waals surface area (Å²) < 4.78 is 14.0. The molecule has 3 aromatic rings. The van der Waals surface area contributed by atoms with E-state index in [1.165, 1.54) is 0 Å². The van der Waals surface area contributed by atoms with Crippen LogP contribution < -0.4 is 14.8 Å². The Kier molecular flexibility index (Phi) is 6.59. The van der Waals surface area contributed by atoms with Crippen LogP contribution in [0.3, 0.4) is 0 Å². The summed E-state index contributed by atoms with van der Waals surface area (Å²) in [5.74, 6) is 1.06. The van der Waals surface area contributed by atoms with Gasteiger partial charge in [-0.05, 0) is 80.0 Å². The number of nitrogens with one attached hydrogen (secondary N) is 1. The number of amides is 1. The summed E-state index contributed by atoms with van der Waals surface area (Å²) in [7, 11) is 0. The second-order valence-electron chi connectivity index (χ2n) is 6.42. The predicted molar refractivity (Wildman–Crippen MR) is 117 cm³/mol. The van der Waals surface area contributed by atoms with Crippen LogP contribution in [0.15, 0.2) is 46.9 Å². The number of hydrogen-bond donors (Lipinski definition) is 1. The summed E-state index contributed by atoms with van der Waals surface area (Å²) >= 11 is 3.54. The lowest BCUT2D eigenvalue weighted by Crippen LogP contribution is -2.13. The maximum atomic E-state index is 12.8. The van der Waals surface area contributed by atoms with Gasteiger partial charge in [-0.25, -0.2) is 4.68 Å². The zero-order valence-electron chi connectivity index (χ0n) is 17.0. The van der Waals surface area contributed by atoms with E-state index in [-0.39, 0.29) is 5.91 Å². The van der Waals surface area contributed by atoms with Crippen LogP contribution in [-0.2, 0) is 0 Å². The standard InChI is InChI=1S/C22H24BrN3O3/c1-5-28-18-11-12-20(29-6-2)19(13-18)24-22(27)16-7-9-17(10-8-16)26-15(4)21(23)14(3)25-26/h7-13H,5-6H2,1-4H3,(H,24,27). The van der Waals surface area contributed by atoms with Crippen molar-refractivity contribution in [2.24, 2.45) is 0 Å². The number of carbonyl (C=O) groups excluding carboxylic acids is 1. The van der Waals surface area contributed by atoms with Crippen LogP contribution in [0.5, 0.6) is 11.5 Å². The van der Waals surface area contributed by atoms with Gasteiger partial charge in [0.2, 0.25) is 0 Å². The normalized spacial score (nSPS) is 10.7. The summed E-state index contributed by atoms with van der Waals surface area (Å²) in [5, 5.41) is 7.44. The Hall–Kier alpha value is -2.80. The van der Waals surface area contributed by atoms with Crippen molar-refractivity contribution in [3.8, 4) is 17.2 Å². The molecule has 0 aliphatic heterocycles. The van der Waals surface area contributed by atoms with Gasteiger partial charge in [0.15, 0.2) is 0 Å². The first-order valence-corrected chi connectivity index (χ1v) is 10.3. The van der Waals surface area contributed by atoms with Crippen LogP contribution in [0.2, 0.25) is 0 Å². The Bertz CT molecular complexity index is 1010. The third-order valence-corrected chi connectivity index (χ3v) is 5.53. The minimum atomic E-state index is -0.222. The highest BCUT2D eigenvalue weighted by Gasteiger charge is 2.14. The van der Waals surface area contributed by atoms with Gasteiger partial charge in [-0.15, -0.1) is 0 Å². The van der Waals surface area contributed by atoms with E-state index in [0.29, 0.717) is 36.0 Å². The summed E-state index contributed by atoms with van der Waals surface area (Å²) in [6, 6.07) is 12.7. The van der Waals surface area contributed by atoms with E-state index >= 15 is 0 Å². The van der Waals surface area contributed by atoms with Crippen LogP contribution in [-0.4, -0.2) is 28.9 Å². The third-order valence-electron chi connectivity index (χ3n) is 4.39. The molecule has 2 aromatic carbocycles. The topological polar surface area (TPSA) is 65.4 Å². The lowest BCUT2D eigenvalue weighted by atomic mass is 10.2. The highest BCUT2D eigenvalue weighted by molar-refractivity contribution is 9.10. The number of halogens is 1. The molecule has 0 bridgehead atoms. The van der Waals surface area contributed by atoms with Crippen LogP contribution in [0.1, 0.15) is 35.6 Å². The highest BCUT2D eigenvalue weighted by Crippen LogP contribution is 2.30. The zero-order valence-corrected chi connectivity index (χ0v) is 18.5. The molecule has 1 amide bonds. The second-order valence-corrected chi connectivity index (χ2v) is 7.21. The monoisotopic (exact) mass is 457 g/mol. The Morgan fingerprint density at radius 1 is 1.07 bits per heavy atom. The minimum absolute atomic E-state index is 0.222. The number of ether oxygens (including phenoxy) is 2. The number of hydrogen-bond acceptors (Lipinski definition) is 4. The lowest BCUT2D eigenvalue weighted by molar-refractivity contribution is 0.102. The van der Waals surface area contributed by atoms with E-state index in [1.807, 2.05) is 50.6 Å². The fourth-order valence-electron chi connectivity index (χ4n) is 2.97. The maximum absolute atomic E-state index is 12.8. The second kappa shape index (κ2) is 9.13. The van der Waals surface area contributed by atoms with Crippen molar-refractivity contribution < 1.29 is 14.3 Å². The molecular formula is C22H24BrN3O3. The number of nitrogens with zero attached hydrogens (tertiary/aromatic N) is 2. The average molecular weight is 458 g/mol. The molecule has 152 valence electrons. The minimum Gasteiger partial charge on any atom is -0.494 e. The Morgan fingerprint density at radius 3 is 2.34 bits per heavy atom. The predicted octanol–water partition coefficient (Wildman–Crippen LogP) is 5.30. The van der Waals surface area contributed by atoms with E-state index in [2.05, 4.69) is 26.3 Å². The quantitative estimate of drug-likeness (QED) is 0.522. The van der Waals surface area contributed by atoms with Crippen molar-refractivity contribution in [3.05, 3.63) is 63.9 Å². The summed E-state index contributed by atoms with van der Waals surface area (Å²) in [6.45, 7) is 8.80. The molecular weight excluding hydrogens is 434 g/mol. The van der Waals surface area contributed by atoms with E-state index in [9.17, 15) is 4.79 Å². The lowest BCUT2D eigenvalue weighted by Gasteiger charge is -2.14. The molecule has 6 nitrogen and oxygen atoms in total. The maximum Gasteiger partial charge on any atom is 0.255 e. The summed E-state index contributed by atoms with van der Waals surface area (Å²) in [5.41, 5.74) is 3.94. The molecule has 0 aliphatic carbocycles. The molecule has 0 spiro atoms. The molecule has 0 fully saturated rings. The van der Waals surface area contributed by atoms with E-state index in [1.54, 1.807) is 24.3 Å². The van der Waals surface area contributed by atoms with Crippen molar-refractivity contribution in [2.45, 2.75) is 27.7 Å². The van der Waals surface area contributed by atoms with Gasteiger partial charge in [-0.1, -0.05) is 0 Å². The van der Waals surface area contributed by atoms with E-state index < -0.39 is 0 Å². The van der Waals surface area contributed by atoms with Crippen LogP contribution in [0.4, 0.5) is 5.69 Å². The van der Waals surface area contributed by atoms with Gasteiger partial charge in [0.05, 0.1) is 40.4 Å². The number of anilines is 1. The SMILES string of the molecule is CCOc1ccc(OCC)c(NC(=O)c2ccc(-n3nc(C)c(Br)c3C)cc2)c1. The van der Waals surface area contributed by atoms with Gasteiger partial charge in [-0.2, -0.15) is 5.10 Å². The first-order chi connectivity index (χ1) is 13.9. The van der Waals surface area contributed by atoms with Crippen LogP contribution >= 0.6 is 15.9 Å². The first-order valence-electron chi connectivity index (χ1n) is 9.47. The molecule has 0 aliphatic rings. The van der Waals surface area contributed by atoms with Crippen molar-refractivity contribution in [1.29, 1.82) is 0 Å². The van der Waals surface area contributed by atoms with Crippen molar-refractivity contribution >= 4 is 27.5 Å². The van der Waals surface area contributed by atoms with Crippen LogP contribution in [0, 0.1) is 13.8 Å². The van der Waals surface area contributed by atoms with Crippen LogP contribution in [0.25, 0.3) is 5.69 Å².